The van der Waals surface area contributed by atoms with Crippen LogP contribution in [0.25, 0.3) is 5.69 Å². The number of Topliss-reactive ketones (excluding diaryl/α,β-unsaturated/α-hetero) is 1. The van der Waals surface area contributed by atoms with E-state index >= 15 is 0 Å². The van der Waals surface area contributed by atoms with E-state index in [0.717, 1.165) is 29.1 Å². The molecule has 92 valence electrons. The lowest BCUT2D eigenvalue weighted by Gasteiger charge is -2.19. The fourth-order valence-corrected chi connectivity index (χ4v) is 2.73. The summed E-state index contributed by atoms with van der Waals surface area (Å²) in [7, 11) is 0. The van der Waals surface area contributed by atoms with Crippen LogP contribution in [0, 0.1) is 12.8 Å². The zero-order chi connectivity index (χ0) is 12.7. The highest BCUT2D eigenvalue weighted by molar-refractivity contribution is 5.99. The van der Waals surface area contributed by atoms with E-state index in [-0.39, 0.29) is 5.78 Å². The maximum absolute atomic E-state index is 12.1. The van der Waals surface area contributed by atoms with Gasteiger partial charge < -0.3 is 0 Å². The first-order valence-corrected chi connectivity index (χ1v) is 6.34. The number of fused-ring (bicyclic) bond motifs is 1. The molecule has 1 aliphatic carbocycles. The summed E-state index contributed by atoms with van der Waals surface area (Å²) in [6.45, 7) is 4.05. The second-order valence-corrected chi connectivity index (χ2v) is 5.09. The fourth-order valence-electron chi connectivity index (χ4n) is 2.73. The number of aromatic nitrogens is 2. The molecule has 0 fully saturated rings. The lowest BCUT2D eigenvalue weighted by atomic mass is 9.87. The van der Waals surface area contributed by atoms with Crippen LogP contribution in [0.5, 0.6) is 0 Å². The van der Waals surface area contributed by atoms with Gasteiger partial charge >= 0.3 is 0 Å². The van der Waals surface area contributed by atoms with E-state index in [2.05, 4.69) is 12.0 Å². The number of ketones is 1. The van der Waals surface area contributed by atoms with Gasteiger partial charge in [-0.05, 0) is 31.4 Å². The Bertz CT molecular complexity index is 598. The number of rotatable bonds is 1. The van der Waals surface area contributed by atoms with Crippen molar-refractivity contribution in [3.8, 4) is 5.69 Å². The summed E-state index contributed by atoms with van der Waals surface area (Å²) in [5.41, 5.74) is 3.80. The molecule has 0 aliphatic heterocycles. The third kappa shape index (κ3) is 1.67. The first-order valence-electron chi connectivity index (χ1n) is 6.34. The Morgan fingerprint density at radius 2 is 1.94 bits per heavy atom. The number of hydrogen-bond donors (Lipinski definition) is 0. The Balaban J connectivity index is 2.19. The number of nitrogens with zero attached hydrogens (tertiary/aromatic N) is 2. The van der Waals surface area contributed by atoms with Crippen molar-refractivity contribution in [1.82, 2.24) is 9.78 Å². The molecule has 0 amide bonds. The summed E-state index contributed by atoms with van der Waals surface area (Å²) in [5.74, 6) is 0.645. The van der Waals surface area contributed by atoms with Crippen molar-refractivity contribution in [1.29, 1.82) is 0 Å². The average Bonchev–Trinajstić information content (AvgIpc) is 2.67. The molecule has 2 aromatic rings. The van der Waals surface area contributed by atoms with Crippen LogP contribution in [-0.4, -0.2) is 15.6 Å². The van der Waals surface area contributed by atoms with Crippen molar-refractivity contribution >= 4 is 5.78 Å². The Kier molecular flexibility index (Phi) is 2.54. The maximum Gasteiger partial charge on any atom is 0.166 e. The second-order valence-electron chi connectivity index (χ2n) is 5.09. The smallest absolute Gasteiger partial charge is 0.166 e. The van der Waals surface area contributed by atoms with Crippen LogP contribution in [-0.2, 0) is 6.42 Å². The van der Waals surface area contributed by atoms with Gasteiger partial charge in [-0.25, -0.2) is 4.68 Å². The largest absolute Gasteiger partial charge is 0.294 e. The molecule has 1 aromatic carbocycles. The van der Waals surface area contributed by atoms with Gasteiger partial charge in [0.15, 0.2) is 5.78 Å². The van der Waals surface area contributed by atoms with E-state index in [1.54, 1.807) is 0 Å². The normalized spacial score (nSPS) is 18.8. The third-order valence-electron chi connectivity index (χ3n) is 3.51. The van der Waals surface area contributed by atoms with Gasteiger partial charge in [0, 0.05) is 6.42 Å². The molecule has 3 nitrogen and oxygen atoms in total. The van der Waals surface area contributed by atoms with Gasteiger partial charge in [0.1, 0.15) is 0 Å². The van der Waals surface area contributed by atoms with Crippen molar-refractivity contribution in [2.45, 2.75) is 26.7 Å². The molecule has 0 N–H and O–H groups in total. The molecule has 3 heteroatoms. The molecule has 1 aliphatic rings. The van der Waals surface area contributed by atoms with Crippen molar-refractivity contribution in [2.75, 3.05) is 0 Å². The minimum atomic E-state index is 0.239. The minimum Gasteiger partial charge on any atom is -0.294 e. The molecule has 0 saturated heterocycles. The van der Waals surface area contributed by atoms with Crippen molar-refractivity contribution < 1.29 is 4.79 Å². The molecule has 0 bridgehead atoms. The van der Waals surface area contributed by atoms with E-state index in [4.69, 9.17) is 0 Å². The molecule has 1 atom stereocenters. The summed E-state index contributed by atoms with van der Waals surface area (Å²) in [4.78, 5) is 12.1. The predicted molar refractivity (Wildman–Crippen MR) is 70.1 cm³/mol. The van der Waals surface area contributed by atoms with Gasteiger partial charge in [-0.2, -0.15) is 5.10 Å². The molecule has 3 rings (SSSR count). The van der Waals surface area contributed by atoms with Gasteiger partial charge in [0.25, 0.3) is 0 Å². The Morgan fingerprint density at radius 3 is 2.67 bits per heavy atom. The first kappa shape index (κ1) is 11.2. The highest BCUT2D eigenvalue weighted by atomic mass is 16.1. The van der Waals surface area contributed by atoms with E-state index < -0.39 is 0 Å². The van der Waals surface area contributed by atoms with Crippen LogP contribution in [0.4, 0.5) is 0 Å². The number of carbonyl (C=O) groups excluding carboxylic acids is 1. The maximum atomic E-state index is 12.1. The van der Waals surface area contributed by atoms with Crippen molar-refractivity contribution in [2.24, 2.45) is 5.92 Å². The monoisotopic (exact) mass is 240 g/mol. The molecule has 1 unspecified atom stereocenters. The lowest BCUT2D eigenvalue weighted by Crippen LogP contribution is -2.19. The Morgan fingerprint density at radius 1 is 1.22 bits per heavy atom. The zero-order valence-electron chi connectivity index (χ0n) is 10.7. The number of carbonyl (C=O) groups is 1. The molecule has 1 heterocycles. The summed E-state index contributed by atoms with van der Waals surface area (Å²) in [6.07, 6.45) is 1.57. The van der Waals surface area contributed by atoms with E-state index in [0.29, 0.717) is 12.3 Å². The number of benzene rings is 1. The standard InChI is InChI=1S/C15H16N2O/c1-10-8-13-15(14(18)9-10)11(2)16-17(13)12-6-4-3-5-7-12/h3-7,10H,8-9H2,1-2H3. The molecule has 0 radical (unpaired) electrons. The quantitative estimate of drug-likeness (QED) is 0.768. The number of hydrogen-bond acceptors (Lipinski definition) is 2. The summed E-state index contributed by atoms with van der Waals surface area (Å²) in [6, 6.07) is 10.0. The SMILES string of the molecule is Cc1nn(-c2ccccc2)c2c1C(=O)CC(C)C2. The van der Waals surface area contributed by atoms with Crippen molar-refractivity contribution in [3.05, 3.63) is 47.3 Å². The van der Waals surface area contributed by atoms with Crippen LogP contribution in [0.3, 0.4) is 0 Å². The second kappa shape index (κ2) is 4.09. The van der Waals surface area contributed by atoms with Crippen LogP contribution in [0.1, 0.15) is 35.1 Å². The molecule has 0 spiro atoms. The van der Waals surface area contributed by atoms with E-state index in [9.17, 15) is 4.79 Å². The average molecular weight is 240 g/mol. The van der Waals surface area contributed by atoms with Crippen LogP contribution < -0.4 is 0 Å². The van der Waals surface area contributed by atoms with Gasteiger partial charge in [0.05, 0.1) is 22.6 Å². The zero-order valence-corrected chi connectivity index (χ0v) is 10.7. The topological polar surface area (TPSA) is 34.9 Å². The highest BCUT2D eigenvalue weighted by Gasteiger charge is 2.29. The number of para-hydroxylation sites is 1. The molecule has 1 aromatic heterocycles. The summed E-state index contributed by atoms with van der Waals surface area (Å²) in [5, 5.41) is 4.54. The lowest BCUT2D eigenvalue weighted by molar-refractivity contribution is 0.0952. The van der Waals surface area contributed by atoms with Crippen LogP contribution in [0.2, 0.25) is 0 Å². The Labute approximate surface area is 106 Å². The molecule has 18 heavy (non-hydrogen) atoms. The predicted octanol–water partition coefficient (Wildman–Crippen LogP) is 2.95. The highest BCUT2D eigenvalue weighted by Crippen LogP contribution is 2.29. The van der Waals surface area contributed by atoms with E-state index in [1.165, 1.54) is 0 Å². The van der Waals surface area contributed by atoms with E-state index in [1.807, 2.05) is 41.9 Å². The Hall–Kier alpha value is -1.90. The van der Waals surface area contributed by atoms with Gasteiger partial charge in [-0.1, -0.05) is 25.1 Å². The molecular weight excluding hydrogens is 224 g/mol. The summed E-state index contributed by atoms with van der Waals surface area (Å²) >= 11 is 0. The van der Waals surface area contributed by atoms with Gasteiger partial charge in [-0.3, -0.25) is 4.79 Å². The first-order chi connectivity index (χ1) is 8.66. The fraction of sp³-hybridized carbons (Fsp3) is 0.333. The van der Waals surface area contributed by atoms with Gasteiger partial charge in [0.2, 0.25) is 0 Å². The molecular formula is C15H16N2O. The minimum absolute atomic E-state index is 0.239. The van der Waals surface area contributed by atoms with Crippen LogP contribution >= 0.6 is 0 Å². The van der Waals surface area contributed by atoms with Crippen molar-refractivity contribution in [3.63, 3.8) is 0 Å². The van der Waals surface area contributed by atoms with Crippen LogP contribution in [0.15, 0.2) is 30.3 Å². The third-order valence-corrected chi connectivity index (χ3v) is 3.51. The number of aryl methyl sites for hydroxylation is 1. The summed E-state index contributed by atoms with van der Waals surface area (Å²) < 4.78 is 1.93. The van der Waals surface area contributed by atoms with Gasteiger partial charge in [-0.15, -0.1) is 0 Å². The molecule has 0 saturated carbocycles.